The molecule has 4 rings (SSSR count). The zero-order valence-electron chi connectivity index (χ0n) is 16.6. The smallest absolute Gasteiger partial charge is 0.260 e. The van der Waals surface area contributed by atoms with Gasteiger partial charge in [-0.3, -0.25) is 9.36 Å². The molecule has 9 heteroatoms. The van der Waals surface area contributed by atoms with Crippen molar-refractivity contribution in [3.63, 3.8) is 0 Å². The van der Waals surface area contributed by atoms with Crippen LogP contribution in [0.5, 0.6) is 0 Å². The van der Waals surface area contributed by atoms with Crippen molar-refractivity contribution < 1.29 is 0 Å². The Balaban J connectivity index is 1.88. The number of hydrogen-bond donors (Lipinski definition) is 2. The average molecular weight is 441 g/mol. The van der Waals surface area contributed by atoms with Crippen LogP contribution in [0.4, 0.5) is 5.95 Å². The number of benzene rings is 1. The van der Waals surface area contributed by atoms with Crippen LogP contribution in [0.3, 0.4) is 0 Å². The van der Waals surface area contributed by atoms with Crippen molar-refractivity contribution in [2.75, 3.05) is 18.9 Å². The van der Waals surface area contributed by atoms with E-state index in [0.717, 1.165) is 21.7 Å². The fourth-order valence-corrected chi connectivity index (χ4v) is 4.22. The molecule has 0 spiro atoms. The van der Waals surface area contributed by atoms with Gasteiger partial charge in [0, 0.05) is 52.3 Å². The number of nitrogens with zero attached hydrogens (tertiary/aromatic N) is 4. The lowest BCUT2D eigenvalue weighted by atomic mass is 10.0. The number of aromatic nitrogens is 4. The van der Waals surface area contributed by atoms with Crippen molar-refractivity contribution in [1.29, 1.82) is 0 Å². The van der Waals surface area contributed by atoms with Gasteiger partial charge in [-0.15, -0.1) is 11.3 Å². The van der Waals surface area contributed by atoms with E-state index in [9.17, 15) is 4.79 Å². The van der Waals surface area contributed by atoms with Crippen LogP contribution in [0.15, 0.2) is 40.6 Å². The lowest BCUT2D eigenvalue weighted by molar-refractivity contribution is 0.646. The molecular formula is C21H21ClN6OS. The Kier molecular flexibility index (Phi) is 5.80. The molecule has 0 radical (unpaired) electrons. The van der Waals surface area contributed by atoms with Gasteiger partial charge in [0.05, 0.1) is 10.7 Å². The van der Waals surface area contributed by atoms with Gasteiger partial charge < -0.3 is 11.1 Å². The third kappa shape index (κ3) is 3.81. The second kappa shape index (κ2) is 8.51. The van der Waals surface area contributed by atoms with E-state index < -0.39 is 0 Å². The molecule has 0 saturated heterocycles. The largest absolute Gasteiger partial charge is 0.357 e. The number of anilines is 1. The SMILES string of the molecule is CNc1ncc2cc(-c3ccc(-c4csc(C)n4)cc3Cl)c(=O)n(CCCN)c2n1. The van der Waals surface area contributed by atoms with Crippen molar-refractivity contribution in [3.05, 3.63) is 56.2 Å². The first-order valence-corrected chi connectivity index (χ1v) is 10.8. The van der Waals surface area contributed by atoms with Crippen LogP contribution in [0.1, 0.15) is 11.4 Å². The van der Waals surface area contributed by atoms with Crippen LogP contribution in [0, 0.1) is 6.92 Å². The highest BCUT2D eigenvalue weighted by Gasteiger charge is 2.16. The van der Waals surface area contributed by atoms with Crippen molar-refractivity contribution in [1.82, 2.24) is 19.5 Å². The number of rotatable bonds is 6. The molecule has 30 heavy (non-hydrogen) atoms. The van der Waals surface area contributed by atoms with E-state index in [1.165, 1.54) is 0 Å². The molecule has 0 atom stereocenters. The quantitative estimate of drug-likeness (QED) is 0.471. The first kappa shape index (κ1) is 20.5. The summed E-state index contributed by atoms with van der Waals surface area (Å²) in [5, 5.41) is 7.15. The molecule has 0 aliphatic rings. The molecule has 0 aliphatic heterocycles. The molecular weight excluding hydrogens is 420 g/mol. The Morgan fingerprint density at radius 3 is 2.73 bits per heavy atom. The number of aryl methyl sites for hydroxylation is 2. The number of halogens is 1. The predicted octanol–water partition coefficient (Wildman–Crippen LogP) is 3.93. The van der Waals surface area contributed by atoms with Crippen LogP contribution in [-0.4, -0.2) is 33.1 Å². The van der Waals surface area contributed by atoms with E-state index in [1.54, 1.807) is 35.2 Å². The Hall–Kier alpha value is -2.81. The van der Waals surface area contributed by atoms with Gasteiger partial charge >= 0.3 is 0 Å². The number of fused-ring (bicyclic) bond motifs is 1. The van der Waals surface area contributed by atoms with E-state index in [4.69, 9.17) is 17.3 Å². The first-order chi connectivity index (χ1) is 14.5. The number of nitrogens with one attached hydrogen (secondary N) is 1. The second-order valence-corrected chi connectivity index (χ2v) is 8.30. The van der Waals surface area contributed by atoms with E-state index in [2.05, 4.69) is 20.3 Å². The number of thiazole rings is 1. The number of nitrogens with two attached hydrogens (primary N) is 1. The second-order valence-electron chi connectivity index (χ2n) is 6.83. The fraction of sp³-hybridized carbons (Fsp3) is 0.238. The van der Waals surface area contributed by atoms with Crippen LogP contribution in [-0.2, 0) is 6.54 Å². The lowest BCUT2D eigenvalue weighted by Gasteiger charge is -2.14. The molecule has 0 fully saturated rings. The molecule has 0 unspecified atom stereocenters. The number of hydrogen-bond acceptors (Lipinski definition) is 7. The molecule has 3 heterocycles. The highest BCUT2D eigenvalue weighted by Crippen LogP contribution is 2.32. The van der Waals surface area contributed by atoms with Gasteiger partial charge in [0.1, 0.15) is 5.65 Å². The molecule has 0 aliphatic carbocycles. The fourth-order valence-electron chi connectivity index (χ4n) is 3.32. The van der Waals surface area contributed by atoms with Gasteiger partial charge in [-0.05, 0) is 32.0 Å². The van der Waals surface area contributed by atoms with Crippen molar-refractivity contribution >= 4 is 39.9 Å². The average Bonchev–Trinajstić information content (AvgIpc) is 3.19. The van der Waals surface area contributed by atoms with Gasteiger partial charge in [0.2, 0.25) is 5.95 Å². The molecule has 1 aromatic carbocycles. The Morgan fingerprint density at radius 2 is 2.07 bits per heavy atom. The van der Waals surface area contributed by atoms with Gasteiger partial charge in [-0.2, -0.15) is 4.98 Å². The highest BCUT2D eigenvalue weighted by atomic mass is 35.5. The summed E-state index contributed by atoms with van der Waals surface area (Å²) in [5.74, 6) is 0.456. The van der Waals surface area contributed by atoms with Crippen molar-refractivity contribution in [2.45, 2.75) is 19.9 Å². The van der Waals surface area contributed by atoms with Gasteiger partial charge in [-0.25, -0.2) is 9.97 Å². The third-order valence-electron chi connectivity index (χ3n) is 4.81. The van der Waals surface area contributed by atoms with Gasteiger partial charge in [0.15, 0.2) is 0 Å². The van der Waals surface area contributed by atoms with E-state index in [1.807, 2.05) is 30.5 Å². The topological polar surface area (TPSA) is 98.7 Å². The maximum absolute atomic E-state index is 13.4. The first-order valence-electron chi connectivity index (χ1n) is 9.52. The summed E-state index contributed by atoms with van der Waals surface area (Å²) < 4.78 is 1.65. The highest BCUT2D eigenvalue weighted by molar-refractivity contribution is 7.09. The predicted molar refractivity (Wildman–Crippen MR) is 123 cm³/mol. The summed E-state index contributed by atoms with van der Waals surface area (Å²) in [6.45, 7) is 2.91. The summed E-state index contributed by atoms with van der Waals surface area (Å²) in [7, 11) is 1.74. The molecule has 7 nitrogen and oxygen atoms in total. The van der Waals surface area contributed by atoms with Crippen LogP contribution in [0.2, 0.25) is 5.02 Å². The monoisotopic (exact) mass is 440 g/mol. The van der Waals surface area contributed by atoms with Gasteiger partial charge in [0.25, 0.3) is 5.56 Å². The Morgan fingerprint density at radius 1 is 1.23 bits per heavy atom. The zero-order valence-corrected chi connectivity index (χ0v) is 18.2. The standard InChI is InChI=1S/C21H21ClN6OS/c1-12-26-18(11-30-12)13-4-5-15(17(22)9-13)16-8-14-10-25-21(24-2)27-19(14)28(20(16)29)7-3-6-23/h4-5,8-11H,3,6-7,23H2,1-2H3,(H,24,25,27). The summed E-state index contributed by atoms with van der Waals surface area (Å²) >= 11 is 8.20. The lowest BCUT2D eigenvalue weighted by Crippen LogP contribution is -2.24. The molecule has 0 bridgehead atoms. The molecule has 0 saturated carbocycles. The Bertz CT molecular complexity index is 1280. The summed E-state index contributed by atoms with van der Waals surface area (Å²) in [6, 6.07) is 7.44. The van der Waals surface area contributed by atoms with Crippen molar-refractivity contribution in [3.8, 4) is 22.4 Å². The van der Waals surface area contributed by atoms with Crippen molar-refractivity contribution in [2.24, 2.45) is 5.73 Å². The molecule has 0 amide bonds. The zero-order chi connectivity index (χ0) is 21.3. The van der Waals surface area contributed by atoms with E-state index in [-0.39, 0.29) is 5.56 Å². The maximum Gasteiger partial charge on any atom is 0.260 e. The minimum Gasteiger partial charge on any atom is -0.357 e. The van der Waals surface area contributed by atoms with E-state index in [0.29, 0.717) is 47.3 Å². The minimum atomic E-state index is -0.157. The molecule has 3 N–H and O–H groups in total. The number of pyridine rings is 1. The normalized spacial score (nSPS) is 11.2. The summed E-state index contributed by atoms with van der Waals surface area (Å²) in [6.07, 6.45) is 2.36. The third-order valence-corrected chi connectivity index (χ3v) is 5.90. The molecule has 154 valence electrons. The van der Waals surface area contributed by atoms with E-state index >= 15 is 0 Å². The van der Waals surface area contributed by atoms with Crippen LogP contribution >= 0.6 is 22.9 Å². The molecule has 3 aromatic heterocycles. The summed E-state index contributed by atoms with van der Waals surface area (Å²) in [5.41, 5.74) is 9.06. The Labute approximate surface area is 182 Å². The maximum atomic E-state index is 13.4. The van der Waals surface area contributed by atoms with Gasteiger partial charge in [-0.1, -0.05) is 23.7 Å². The minimum absolute atomic E-state index is 0.157. The van der Waals surface area contributed by atoms with Crippen LogP contribution < -0.4 is 16.6 Å². The summed E-state index contributed by atoms with van der Waals surface area (Å²) in [4.78, 5) is 26.6. The van der Waals surface area contributed by atoms with Crippen LogP contribution in [0.25, 0.3) is 33.4 Å². The molecule has 4 aromatic rings.